The van der Waals surface area contributed by atoms with Crippen molar-refractivity contribution < 1.29 is 8.42 Å². The fraction of sp³-hybridized carbons (Fsp3) is 0.667. The molecule has 0 radical (unpaired) electrons. The quantitative estimate of drug-likeness (QED) is 0.914. The molecule has 2 heterocycles. The first-order chi connectivity index (χ1) is 8.45. The minimum Gasteiger partial charge on any atom is -0.330 e. The number of nitrogens with two attached hydrogens (primary N) is 1. The van der Waals surface area contributed by atoms with Crippen LogP contribution in [0.25, 0.3) is 0 Å². The molecule has 1 aromatic heterocycles. The Kier molecular flexibility index (Phi) is 4.11. The maximum absolute atomic E-state index is 12.4. The highest BCUT2D eigenvalue weighted by atomic mass is 32.2. The molecule has 18 heavy (non-hydrogen) atoms. The molecule has 2 atom stereocenters. The Balaban J connectivity index is 2.20. The van der Waals surface area contributed by atoms with Crippen LogP contribution in [0, 0.1) is 11.8 Å². The molecule has 2 rings (SSSR count). The predicted molar refractivity (Wildman–Crippen MR) is 74.2 cm³/mol. The minimum absolute atomic E-state index is 0.434. The highest BCUT2D eigenvalue weighted by Gasteiger charge is 2.35. The van der Waals surface area contributed by atoms with Gasteiger partial charge in [-0.25, -0.2) is 8.42 Å². The van der Waals surface area contributed by atoms with Gasteiger partial charge in [0.25, 0.3) is 10.0 Å². The van der Waals surface area contributed by atoms with Crippen molar-refractivity contribution in [2.45, 2.75) is 24.5 Å². The van der Waals surface area contributed by atoms with Gasteiger partial charge in [0.2, 0.25) is 0 Å². The average Bonchev–Trinajstić information content (AvgIpc) is 2.88. The molecular weight excluding hydrogens is 268 g/mol. The highest BCUT2D eigenvalue weighted by molar-refractivity contribution is 7.91. The van der Waals surface area contributed by atoms with Gasteiger partial charge < -0.3 is 5.73 Å². The topological polar surface area (TPSA) is 63.4 Å². The van der Waals surface area contributed by atoms with E-state index in [0.29, 0.717) is 35.7 Å². The van der Waals surface area contributed by atoms with Gasteiger partial charge in [0.05, 0.1) is 0 Å². The van der Waals surface area contributed by atoms with E-state index in [1.165, 1.54) is 11.3 Å². The number of sulfonamides is 1. The summed E-state index contributed by atoms with van der Waals surface area (Å²) in [6.07, 6.45) is 0.743. The molecule has 0 aliphatic carbocycles. The number of rotatable bonds is 4. The van der Waals surface area contributed by atoms with E-state index in [9.17, 15) is 8.42 Å². The van der Waals surface area contributed by atoms with Crippen molar-refractivity contribution in [3.05, 3.63) is 17.0 Å². The summed E-state index contributed by atoms with van der Waals surface area (Å²) in [5, 5.41) is 0. The van der Waals surface area contributed by atoms with Gasteiger partial charge >= 0.3 is 0 Å². The van der Waals surface area contributed by atoms with Gasteiger partial charge in [-0.05, 0) is 36.9 Å². The molecule has 0 saturated carbocycles. The van der Waals surface area contributed by atoms with Crippen LogP contribution in [0.4, 0.5) is 0 Å². The number of hydrogen-bond acceptors (Lipinski definition) is 4. The molecule has 1 saturated heterocycles. The van der Waals surface area contributed by atoms with Crippen molar-refractivity contribution in [2.75, 3.05) is 19.6 Å². The molecule has 0 bridgehead atoms. The fourth-order valence-corrected chi connectivity index (χ4v) is 5.34. The smallest absolute Gasteiger partial charge is 0.252 e. The normalized spacial score (nSPS) is 25.7. The maximum atomic E-state index is 12.4. The van der Waals surface area contributed by atoms with Crippen LogP contribution in [-0.4, -0.2) is 32.4 Å². The molecule has 2 unspecified atom stereocenters. The lowest BCUT2D eigenvalue weighted by Gasteiger charge is -2.14. The zero-order valence-corrected chi connectivity index (χ0v) is 12.4. The summed E-state index contributed by atoms with van der Waals surface area (Å²) >= 11 is 1.34. The Morgan fingerprint density at radius 3 is 2.50 bits per heavy atom. The van der Waals surface area contributed by atoms with E-state index < -0.39 is 10.0 Å². The summed E-state index contributed by atoms with van der Waals surface area (Å²) in [5.41, 5.74) is 5.48. The largest absolute Gasteiger partial charge is 0.330 e. The van der Waals surface area contributed by atoms with E-state index in [4.69, 9.17) is 5.73 Å². The van der Waals surface area contributed by atoms with Gasteiger partial charge in [-0.3, -0.25) is 0 Å². The molecule has 4 nitrogen and oxygen atoms in total. The average molecular weight is 288 g/mol. The van der Waals surface area contributed by atoms with Crippen molar-refractivity contribution in [3.8, 4) is 0 Å². The van der Waals surface area contributed by atoms with Gasteiger partial charge in [0.1, 0.15) is 4.21 Å². The fourth-order valence-electron chi connectivity index (χ4n) is 2.17. The van der Waals surface area contributed by atoms with E-state index in [1.54, 1.807) is 10.4 Å². The van der Waals surface area contributed by atoms with Crippen molar-refractivity contribution >= 4 is 21.4 Å². The van der Waals surface area contributed by atoms with Crippen molar-refractivity contribution in [2.24, 2.45) is 17.6 Å². The summed E-state index contributed by atoms with van der Waals surface area (Å²) in [4.78, 5) is 1.04. The van der Waals surface area contributed by atoms with Crippen LogP contribution in [0.15, 0.2) is 16.3 Å². The molecule has 0 aromatic carbocycles. The molecule has 6 heteroatoms. The van der Waals surface area contributed by atoms with E-state index in [1.807, 2.05) is 6.07 Å². The lowest BCUT2D eigenvalue weighted by molar-refractivity contribution is 0.465. The van der Waals surface area contributed by atoms with Gasteiger partial charge in [-0.15, -0.1) is 11.3 Å². The van der Waals surface area contributed by atoms with Crippen LogP contribution < -0.4 is 5.73 Å². The Hall–Kier alpha value is -0.430. The molecular formula is C12H20N2O2S2. The van der Waals surface area contributed by atoms with Gasteiger partial charge in [0, 0.05) is 18.0 Å². The molecule has 2 N–H and O–H groups in total. The van der Waals surface area contributed by atoms with E-state index >= 15 is 0 Å². The second-order valence-electron chi connectivity index (χ2n) is 5.04. The first-order valence-electron chi connectivity index (χ1n) is 6.24. The summed E-state index contributed by atoms with van der Waals surface area (Å²) in [5.74, 6) is 0.867. The van der Waals surface area contributed by atoms with E-state index in [2.05, 4.69) is 13.8 Å². The first-order valence-corrected chi connectivity index (χ1v) is 8.49. The lowest BCUT2D eigenvalue weighted by atomic mass is 10.0. The monoisotopic (exact) mass is 288 g/mol. The van der Waals surface area contributed by atoms with Crippen LogP contribution in [0.3, 0.4) is 0 Å². The van der Waals surface area contributed by atoms with Gasteiger partial charge in [-0.1, -0.05) is 13.8 Å². The van der Waals surface area contributed by atoms with Crippen molar-refractivity contribution in [1.82, 2.24) is 4.31 Å². The third-order valence-corrected chi connectivity index (χ3v) is 7.02. The van der Waals surface area contributed by atoms with E-state index in [0.717, 1.165) is 11.3 Å². The van der Waals surface area contributed by atoms with Crippen molar-refractivity contribution in [3.63, 3.8) is 0 Å². The molecule has 1 aliphatic heterocycles. The molecule has 102 valence electrons. The molecule has 0 spiro atoms. The van der Waals surface area contributed by atoms with Gasteiger partial charge in [-0.2, -0.15) is 4.31 Å². The van der Waals surface area contributed by atoms with E-state index in [-0.39, 0.29) is 0 Å². The Bertz CT molecular complexity index is 500. The zero-order chi connectivity index (χ0) is 13.3. The number of nitrogens with zero attached hydrogens (tertiary/aromatic N) is 1. The van der Waals surface area contributed by atoms with Gasteiger partial charge in [0.15, 0.2) is 0 Å². The molecule has 1 aliphatic rings. The second-order valence-corrected chi connectivity index (χ2v) is 8.37. The predicted octanol–water partition coefficient (Wildman–Crippen LogP) is 1.53. The standard InChI is InChI=1S/C12H20N2O2S2/c1-9-7-14(8-10(9)2)18(15,16)12-4-3-11(17-12)5-6-13/h3-4,9-10H,5-8,13H2,1-2H3. The molecule has 0 amide bonds. The van der Waals surface area contributed by atoms with Crippen LogP contribution in [0.1, 0.15) is 18.7 Å². The number of hydrogen-bond donors (Lipinski definition) is 1. The summed E-state index contributed by atoms with van der Waals surface area (Å²) in [6, 6.07) is 3.58. The van der Waals surface area contributed by atoms with Crippen LogP contribution in [0.5, 0.6) is 0 Å². The second kappa shape index (κ2) is 5.28. The summed E-state index contributed by atoms with van der Waals surface area (Å²) in [7, 11) is -3.29. The summed E-state index contributed by atoms with van der Waals surface area (Å²) < 4.78 is 27.0. The molecule has 1 aromatic rings. The molecule has 1 fully saturated rings. The van der Waals surface area contributed by atoms with Crippen LogP contribution in [0.2, 0.25) is 0 Å². The van der Waals surface area contributed by atoms with Crippen LogP contribution >= 0.6 is 11.3 Å². The van der Waals surface area contributed by atoms with Crippen LogP contribution in [-0.2, 0) is 16.4 Å². The van der Waals surface area contributed by atoms with Crippen molar-refractivity contribution in [1.29, 1.82) is 0 Å². The zero-order valence-electron chi connectivity index (χ0n) is 10.8. The maximum Gasteiger partial charge on any atom is 0.252 e. The Labute approximate surface area is 113 Å². The third kappa shape index (κ3) is 2.61. The summed E-state index contributed by atoms with van der Waals surface area (Å²) in [6.45, 7) is 6.03. The number of thiophene rings is 1. The highest BCUT2D eigenvalue weighted by Crippen LogP contribution is 2.31. The minimum atomic E-state index is -3.29. The SMILES string of the molecule is CC1CN(S(=O)(=O)c2ccc(CCN)s2)CC1C. The third-order valence-electron chi connectivity index (χ3n) is 3.58. The lowest BCUT2D eigenvalue weighted by Crippen LogP contribution is -2.28. The first kappa shape index (κ1) is 14.0. The Morgan fingerprint density at radius 2 is 1.94 bits per heavy atom. The Morgan fingerprint density at radius 1 is 1.33 bits per heavy atom.